The van der Waals surface area contributed by atoms with Gasteiger partial charge in [0, 0.05) is 11.3 Å². The molecule has 9 nitrogen and oxygen atoms in total. The number of esters is 1. The highest BCUT2D eigenvalue weighted by molar-refractivity contribution is 7.89. The highest BCUT2D eigenvalue weighted by atomic mass is 32.2. The van der Waals surface area contributed by atoms with E-state index in [0.717, 1.165) is 0 Å². The molecule has 0 aliphatic carbocycles. The van der Waals surface area contributed by atoms with Gasteiger partial charge in [0.05, 0.1) is 4.90 Å². The lowest BCUT2D eigenvalue weighted by Crippen LogP contribution is -2.32. The van der Waals surface area contributed by atoms with Crippen LogP contribution in [0, 0.1) is 0 Å². The molecule has 0 unspecified atom stereocenters. The number of ether oxygens (including phenoxy) is 1. The van der Waals surface area contributed by atoms with Crippen LogP contribution in [0.1, 0.15) is 10.4 Å². The third-order valence-corrected chi connectivity index (χ3v) is 4.19. The normalized spacial score (nSPS) is 10.7. The van der Waals surface area contributed by atoms with E-state index in [9.17, 15) is 22.8 Å². The van der Waals surface area contributed by atoms with Crippen LogP contribution in [0.2, 0.25) is 0 Å². The Morgan fingerprint density at radius 2 is 1.59 bits per heavy atom. The molecule has 4 N–H and O–H groups in total. The van der Waals surface area contributed by atoms with Crippen LogP contribution < -0.4 is 15.8 Å². The predicted molar refractivity (Wildman–Crippen MR) is 96.2 cm³/mol. The van der Waals surface area contributed by atoms with Crippen LogP contribution in [0.15, 0.2) is 59.5 Å². The summed E-state index contributed by atoms with van der Waals surface area (Å²) in [6.07, 6.45) is 0. The molecule has 0 spiro atoms. The Bertz CT molecular complexity index is 927. The Morgan fingerprint density at radius 1 is 0.963 bits per heavy atom. The average molecular weight is 391 g/mol. The fourth-order valence-electron chi connectivity index (χ4n) is 1.97. The van der Waals surface area contributed by atoms with Crippen molar-refractivity contribution in [3.8, 4) is 0 Å². The zero-order chi connectivity index (χ0) is 19.9. The van der Waals surface area contributed by atoms with Crippen molar-refractivity contribution in [2.75, 3.05) is 18.5 Å². The van der Waals surface area contributed by atoms with E-state index in [1.54, 1.807) is 30.3 Å². The van der Waals surface area contributed by atoms with Crippen molar-refractivity contribution in [1.29, 1.82) is 0 Å². The van der Waals surface area contributed by atoms with E-state index in [-0.39, 0.29) is 11.4 Å². The fraction of sp³-hybridized carbons (Fsp3) is 0.118. The molecule has 0 atom stereocenters. The molecule has 0 bridgehead atoms. The molecule has 142 valence electrons. The zero-order valence-electron chi connectivity index (χ0n) is 14.0. The van der Waals surface area contributed by atoms with Gasteiger partial charge in [-0.15, -0.1) is 0 Å². The minimum Gasteiger partial charge on any atom is -0.454 e. The molecular formula is C17H17N3O6S. The SMILES string of the molecule is NS(=O)(=O)c1ccc(NC(=O)COC(=O)CNC(=O)c2ccccc2)cc1. The van der Waals surface area contributed by atoms with Crippen LogP contribution >= 0.6 is 0 Å². The Balaban J connectivity index is 1.75. The van der Waals surface area contributed by atoms with Crippen LogP contribution in [0.3, 0.4) is 0 Å². The van der Waals surface area contributed by atoms with Gasteiger partial charge in [0.2, 0.25) is 10.0 Å². The molecule has 2 amide bonds. The van der Waals surface area contributed by atoms with Gasteiger partial charge in [0.15, 0.2) is 6.61 Å². The van der Waals surface area contributed by atoms with E-state index < -0.39 is 34.4 Å². The van der Waals surface area contributed by atoms with Crippen molar-refractivity contribution in [3.63, 3.8) is 0 Å². The standard InChI is InChI=1S/C17H17N3O6S/c18-27(24,25)14-8-6-13(7-9-14)20-15(21)11-26-16(22)10-19-17(23)12-4-2-1-3-5-12/h1-9H,10-11H2,(H,19,23)(H,20,21)(H2,18,24,25). The van der Waals surface area contributed by atoms with Gasteiger partial charge >= 0.3 is 5.97 Å². The number of nitrogens with two attached hydrogens (primary N) is 1. The lowest BCUT2D eigenvalue weighted by Gasteiger charge is -2.08. The Hall–Kier alpha value is -3.24. The average Bonchev–Trinajstić information content (AvgIpc) is 2.65. The van der Waals surface area contributed by atoms with Crippen LogP contribution in [0.25, 0.3) is 0 Å². The molecule has 10 heteroatoms. The first-order valence-electron chi connectivity index (χ1n) is 7.67. The summed E-state index contributed by atoms with van der Waals surface area (Å²) in [6.45, 7) is -0.943. The van der Waals surface area contributed by atoms with Gasteiger partial charge in [-0.3, -0.25) is 14.4 Å². The molecule has 2 aromatic rings. The van der Waals surface area contributed by atoms with E-state index >= 15 is 0 Å². The minimum atomic E-state index is -3.82. The Morgan fingerprint density at radius 3 is 2.19 bits per heavy atom. The zero-order valence-corrected chi connectivity index (χ0v) is 14.9. The molecule has 2 rings (SSSR count). The van der Waals surface area contributed by atoms with Crippen molar-refractivity contribution >= 4 is 33.5 Å². The van der Waals surface area contributed by atoms with Gasteiger partial charge in [-0.05, 0) is 36.4 Å². The number of primary sulfonamides is 1. The summed E-state index contributed by atoms with van der Waals surface area (Å²) in [4.78, 5) is 35.0. The fourth-order valence-corrected chi connectivity index (χ4v) is 2.48. The molecule has 2 aromatic carbocycles. The van der Waals surface area contributed by atoms with Gasteiger partial charge in [-0.1, -0.05) is 18.2 Å². The minimum absolute atomic E-state index is 0.0962. The quantitative estimate of drug-likeness (QED) is 0.577. The summed E-state index contributed by atoms with van der Waals surface area (Å²) in [7, 11) is -3.82. The first kappa shape index (κ1) is 20.1. The monoisotopic (exact) mass is 391 g/mol. The van der Waals surface area contributed by atoms with Crippen molar-refractivity contribution in [2.24, 2.45) is 5.14 Å². The largest absolute Gasteiger partial charge is 0.454 e. The van der Waals surface area contributed by atoms with Crippen molar-refractivity contribution in [1.82, 2.24) is 5.32 Å². The third kappa shape index (κ3) is 6.53. The number of rotatable bonds is 7. The maximum Gasteiger partial charge on any atom is 0.325 e. The third-order valence-electron chi connectivity index (χ3n) is 3.26. The number of nitrogens with one attached hydrogen (secondary N) is 2. The van der Waals surface area contributed by atoms with Crippen LogP contribution in [0.5, 0.6) is 0 Å². The number of hydrogen-bond donors (Lipinski definition) is 3. The smallest absolute Gasteiger partial charge is 0.325 e. The number of anilines is 1. The Labute approximate surface area is 155 Å². The maximum atomic E-state index is 11.8. The molecule has 0 heterocycles. The van der Waals surface area contributed by atoms with Gasteiger partial charge in [-0.25, -0.2) is 13.6 Å². The van der Waals surface area contributed by atoms with E-state index in [1.807, 2.05) is 0 Å². The summed E-state index contributed by atoms with van der Waals surface area (Å²) >= 11 is 0. The molecule has 0 aliphatic rings. The van der Waals surface area contributed by atoms with E-state index in [4.69, 9.17) is 9.88 Å². The van der Waals surface area contributed by atoms with Gasteiger partial charge in [0.25, 0.3) is 11.8 Å². The first-order chi connectivity index (χ1) is 12.8. The summed E-state index contributed by atoms with van der Waals surface area (Å²) < 4.78 is 27.1. The second kappa shape index (κ2) is 8.92. The molecule has 27 heavy (non-hydrogen) atoms. The number of carbonyl (C=O) groups excluding carboxylic acids is 3. The van der Waals surface area contributed by atoms with Crippen LogP contribution in [0.4, 0.5) is 5.69 Å². The summed E-state index contributed by atoms with van der Waals surface area (Å²) in [5.74, 6) is -1.84. The second-order valence-corrected chi connectivity index (χ2v) is 6.89. The predicted octanol–water partition coefficient (Wildman–Crippen LogP) is 0.246. The number of sulfonamides is 1. The molecule has 0 radical (unpaired) electrons. The molecule has 0 saturated heterocycles. The first-order valence-corrected chi connectivity index (χ1v) is 9.22. The lowest BCUT2D eigenvalue weighted by molar-refractivity contribution is -0.146. The topological polar surface area (TPSA) is 145 Å². The van der Waals surface area contributed by atoms with Crippen LogP contribution in [-0.2, 0) is 24.3 Å². The molecule has 0 aliphatic heterocycles. The molecule has 0 fully saturated rings. The summed E-state index contributed by atoms with van der Waals surface area (Å²) in [5, 5.41) is 9.78. The lowest BCUT2D eigenvalue weighted by atomic mass is 10.2. The van der Waals surface area contributed by atoms with Gasteiger partial charge in [0.1, 0.15) is 6.54 Å². The summed E-state index contributed by atoms with van der Waals surface area (Å²) in [6, 6.07) is 13.5. The van der Waals surface area contributed by atoms with Crippen molar-refractivity contribution in [2.45, 2.75) is 4.90 Å². The number of hydrogen-bond acceptors (Lipinski definition) is 6. The maximum absolute atomic E-state index is 11.8. The highest BCUT2D eigenvalue weighted by Crippen LogP contribution is 2.12. The van der Waals surface area contributed by atoms with Crippen molar-refractivity contribution in [3.05, 3.63) is 60.2 Å². The molecule has 0 saturated carbocycles. The second-order valence-electron chi connectivity index (χ2n) is 5.33. The molecule has 0 aromatic heterocycles. The van der Waals surface area contributed by atoms with E-state index in [1.165, 1.54) is 24.3 Å². The Kier molecular flexibility index (Phi) is 6.63. The number of benzene rings is 2. The number of amides is 2. The summed E-state index contributed by atoms with van der Waals surface area (Å²) in [5.41, 5.74) is 0.701. The molecular weight excluding hydrogens is 374 g/mol. The number of carbonyl (C=O) groups is 3. The van der Waals surface area contributed by atoms with Crippen LogP contribution in [-0.4, -0.2) is 39.4 Å². The van der Waals surface area contributed by atoms with Gasteiger partial charge < -0.3 is 15.4 Å². The van der Waals surface area contributed by atoms with Crippen molar-refractivity contribution < 1.29 is 27.5 Å². The van der Waals surface area contributed by atoms with Gasteiger partial charge in [-0.2, -0.15) is 0 Å². The van der Waals surface area contributed by atoms with E-state index in [2.05, 4.69) is 10.6 Å². The van der Waals surface area contributed by atoms with E-state index in [0.29, 0.717) is 11.3 Å². The highest BCUT2D eigenvalue weighted by Gasteiger charge is 2.11.